The maximum Gasteiger partial charge on any atom is 0.137 e. The number of hydrogen-bond acceptors (Lipinski definition) is 2. The van der Waals surface area contributed by atoms with Crippen LogP contribution in [0.5, 0.6) is 0 Å². The van der Waals surface area contributed by atoms with Crippen molar-refractivity contribution in [3.63, 3.8) is 0 Å². The van der Waals surface area contributed by atoms with E-state index in [1.54, 1.807) is 0 Å². The second-order valence-electron chi connectivity index (χ2n) is 6.54. The van der Waals surface area contributed by atoms with Crippen LogP contribution in [0, 0.1) is 23.7 Å². The molecule has 17 heavy (non-hydrogen) atoms. The van der Waals surface area contributed by atoms with Gasteiger partial charge in [-0.25, -0.2) is 0 Å². The van der Waals surface area contributed by atoms with Crippen LogP contribution < -0.4 is 0 Å². The second-order valence-corrected chi connectivity index (χ2v) is 6.54. The molecule has 1 fully saturated rings. The first-order valence-electron chi connectivity index (χ1n) is 7.11. The van der Waals surface area contributed by atoms with Gasteiger partial charge in [0.15, 0.2) is 0 Å². The predicted molar refractivity (Wildman–Crippen MR) is 73.0 cm³/mol. The average molecular weight is 239 g/mol. The Labute approximate surface area is 107 Å². The number of nitrogens with zero attached hydrogens (tertiary/aromatic N) is 1. The van der Waals surface area contributed by atoms with E-state index >= 15 is 0 Å². The number of Topliss-reactive ketones (excluding diaryl/α,β-unsaturated/α-hetero) is 1. The molecule has 0 aromatic heterocycles. The van der Waals surface area contributed by atoms with E-state index in [0.29, 0.717) is 17.6 Å². The molecule has 3 unspecified atom stereocenters. The van der Waals surface area contributed by atoms with Crippen LogP contribution in [0.25, 0.3) is 0 Å². The number of rotatable bonds is 5. The van der Waals surface area contributed by atoms with Gasteiger partial charge in [-0.05, 0) is 44.2 Å². The molecule has 2 nitrogen and oxygen atoms in total. The van der Waals surface area contributed by atoms with Gasteiger partial charge in [0.05, 0.1) is 0 Å². The first kappa shape index (κ1) is 14.7. The summed E-state index contributed by atoms with van der Waals surface area (Å²) < 4.78 is 0. The van der Waals surface area contributed by atoms with Gasteiger partial charge in [-0.2, -0.15) is 0 Å². The van der Waals surface area contributed by atoms with Gasteiger partial charge in [0, 0.05) is 18.9 Å². The smallest absolute Gasteiger partial charge is 0.137 e. The lowest BCUT2D eigenvalue weighted by Gasteiger charge is -2.34. The quantitative estimate of drug-likeness (QED) is 0.734. The highest BCUT2D eigenvalue weighted by Gasteiger charge is 2.32. The van der Waals surface area contributed by atoms with Crippen LogP contribution in [0.3, 0.4) is 0 Å². The normalized spacial score (nSPS) is 30.3. The summed E-state index contributed by atoms with van der Waals surface area (Å²) in [7, 11) is 2.15. The van der Waals surface area contributed by atoms with Crippen LogP contribution in [-0.2, 0) is 4.79 Å². The molecule has 2 heteroatoms. The standard InChI is InChI=1S/C15H29NO/c1-11(2)6-7-16(5)10-14-13(4)8-12(3)9-15(14)17/h11-14H,6-10H2,1-5H3. The molecule has 0 aromatic rings. The minimum Gasteiger partial charge on any atom is -0.306 e. The molecule has 0 spiro atoms. The Morgan fingerprint density at radius 3 is 2.53 bits per heavy atom. The highest BCUT2D eigenvalue weighted by Crippen LogP contribution is 2.31. The van der Waals surface area contributed by atoms with E-state index in [9.17, 15) is 4.79 Å². The monoisotopic (exact) mass is 239 g/mol. The summed E-state index contributed by atoms with van der Waals surface area (Å²) in [6.45, 7) is 11.0. The van der Waals surface area contributed by atoms with E-state index in [2.05, 4.69) is 39.6 Å². The van der Waals surface area contributed by atoms with Gasteiger partial charge in [-0.1, -0.05) is 27.7 Å². The molecule has 1 saturated carbocycles. The van der Waals surface area contributed by atoms with Gasteiger partial charge < -0.3 is 4.90 Å². The lowest BCUT2D eigenvalue weighted by molar-refractivity contribution is -0.128. The SMILES string of the molecule is CC(C)CCN(C)CC1C(=O)CC(C)CC1C. The van der Waals surface area contributed by atoms with Crippen molar-refractivity contribution >= 4 is 5.78 Å². The maximum atomic E-state index is 12.1. The Morgan fingerprint density at radius 2 is 2.00 bits per heavy atom. The van der Waals surface area contributed by atoms with E-state index in [1.807, 2.05) is 0 Å². The summed E-state index contributed by atoms with van der Waals surface area (Å²) in [5, 5.41) is 0. The second kappa shape index (κ2) is 6.53. The Hall–Kier alpha value is -0.370. The zero-order valence-electron chi connectivity index (χ0n) is 12.2. The maximum absolute atomic E-state index is 12.1. The molecule has 100 valence electrons. The zero-order chi connectivity index (χ0) is 13.0. The molecular formula is C15H29NO. The largest absolute Gasteiger partial charge is 0.306 e. The lowest BCUT2D eigenvalue weighted by atomic mass is 9.74. The number of ketones is 1. The molecule has 0 bridgehead atoms. The van der Waals surface area contributed by atoms with Crippen molar-refractivity contribution in [2.24, 2.45) is 23.7 Å². The van der Waals surface area contributed by atoms with Crippen molar-refractivity contribution < 1.29 is 4.79 Å². The van der Waals surface area contributed by atoms with Gasteiger partial charge >= 0.3 is 0 Å². The molecule has 1 aliphatic carbocycles. The number of carbonyl (C=O) groups excluding carboxylic acids is 1. The Bertz CT molecular complexity index is 249. The highest BCUT2D eigenvalue weighted by molar-refractivity contribution is 5.82. The summed E-state index contributed by atoms with van der Waals surface area (Å²) in [6, 6.07) is 0. The van der Waals surface area contributed by atoms with Crippen LogP contribution in [0.1, 0.15) is 47.0 Å². The topological polar surface area (TPSA) is 20.3 Å². The molecule has 0 saturated heterocycles. The molecule has 1 aliphatic rings. The van der Waals surface area contributed by atoms with E-state index in [0.717, 1.165) is 25.4 Å². The summed E-state index contributed by atoms with van der Waals surface area (Å²) in [6.07, 6.45) is 3.24. The van der Waals surface area contributed by atoms with Crippen LogP contribution in [-0.4, -0.2) is 30.8 Å². The minimum atomic E-state index is 0.281. The Morgan fingerprint density at radius 1 is 1.35 bits per heavy atom. The van der Waals surface area contributed by atoms with E-state index in [4.69, 9.17) is 0 Å². The predicted octanol–water partition coefficient (Wildman–Crippen LogP) is 3.22. The van der Waals surface area contributed by atoms with E-state index < -0.39 is 0 Å². The van der Waals surface area contributed by atoms with Crippen molar-refractivity contribution in [1.29, 1.82) is 0 Å². The van der Waals surface area contributed by atoms with E-state index in [1.165, 1.54) is 12.8 Å². The van der Waals surface area contributed by atoms with Crippen LogP contribution in [0.15, 0.2) is 0 Å². The third kappa shape index (κ3) is 4.79. The third-order valence-electron chi connectivity index (χ3n) is 4.02. The average Bonchev–Trinajstić information content (AvgIpc) is 2.20. The van der Waals surface area contributed by atoms with Crippen LogP contribution >= 0.6 is 0 Å². The fourth-order valence-corrected chi connectivity index (χ4v) is 2.88. The molecule has 0 aromatic carbocycles. The van der Waals surface area contributed by atoms with Crippen molar-refractivity contribution in [1.82, 2.24) is 4.90 Å². The molecule has 0 heterocycles. The lowest BCUT2D eigenvalue weighted by Crippen LogP contribution is -2.39. The summed E-state index contributed by atoms with van der Waals surface area (Å²) >= 11 is 0. The molecule has 0 radical (unpaired) electrons. The summed E-state index contributed by atoms with van der Waals surface area (Å²) in [5.41, 5.74) is 0. The molecule has 3 atom stereocenters. The molecular weight excluding hydrogens is 210 g/mol. The van der Waals surface area contributed by atoms with Gasteiger partial charge in [-0.3, -0.25) is 4.79 Å². The Kier molecular flexibility index (Phi) is 5.64. The minimum absolute atomic E-state index is 0.281. The zero-order valence-corrected chi connectivity index (χ0v) is 12.2. The first-order valence-corrected chi connectivity index (χ1v) is 7.11. The molecule has 0 N–H and O–H groups in total. The van der Waals surface area contributed by atoms with Crippen LogP contribution in [0.4, 0.5) is 0 Å². The third-order valence-corrected chi connectivity index (χ3v) is 4.02. The Balaban J connectivity index is 2.41. The van der Waals surface area contributed by atoms with Gasteiger partial charge in [0.2, 0.25) is 0 Å². The summed E-state index contributed by atoms with van der Waals surface area (Å²) in [5.74, 6) is 2.68. The molecule has 0 aliphatic heterocycles. The van der Waals surface area contributed by atoms with Gasteiger partial charge in [-0.15, -0.1) is 0 Å². The van der Waals surface area contributed by atoms with Gasteiger partial charge in [0.25, 0.3) is 0 Å². The van der Waals surface area contributed by atoms with E-state index in [-0.39, 0.29) is 5.92 Å². The van der Waals surface area contributed by atoms with Crippen LogP contribution in [0.2, 0.25) is 0 Å². The van der Waals surface area contributed by atoms with Crippen molar-refractivity contribution in [3.05, 3.63) is 0 Å². The fourth-order valence-electron chi connectivity index (χ4n) is 2.88. The molecule has 0 amide bonds. The summed E-state index contributed by atoms with van der Waals surface area (Å²) in [4.78, 5) is 14.4. The van der Waals surface area contributed by atoms with Crippen molar-refractivity contribution in [2.75, 3.05) is 20.1 Å². The van der Waals surface area contributed by atoms with Gasteiger partial charge in [0.1, 0.15) is 5.78 Å². The molecule has 1 rings (SSSR count). The number of hydrogen-bond donors (Lipinski definition) is 0. The first-order chi connectivity index (χ1) is 7.90. The number of carbonyl (C=O) groups is 1. The van der Waals surface area contributed by atoms with Crippen molar-refractivity contribution in [2.45, 2.75) is 47.0 Å². The highest BCUT2D eigenvalue weighted by atomic mass is 16.1. The van der Waals surface area contributed by atoms with Crippen molar-refractivity contribution in [3.8, 4) is 0 Å². The fraction of sp³-hybridized carbons (Fsp3) is 0.933.